The maximum Gasteiger partial charge on any atom is 0.306 e. The van der Waals surface area contributed by atoms with Crippen LogP contribution in [0.3, 0.4) is 0 Å². The van der Waals surface area contributed by atoms with Crippen molar-refractivity contribution < 1.29 is 20.1 Å². The van der Waals surface area contributed by atoms with E-state index in [1.807, 2.05) is 31.2 Å². The van der Waals surface area contributed by atoms with Crippen molar-refractivity contribution in [2.75, 3.05) is 6.61 Å². The van der Waals surface area contributed by atoms with E-state index in [1.165, 1.54) is 0 Å². The fourth-order valence-corrected chi connectivity index (χ4v) is 1.80. The zero-order valence-electron chi connectivity index (χ0n) is 9.84. The molecular weight excluding hydrogens is 220 g/mol. The molecule has 0 bridgehead atoms. The van der Waals surface area contributed by atoms with E-state index in [0.717, 1.165) is 11.1 Å². The van der Waals surface area contributed by atoms with Crippen LogP contribution >= 0.6 is 0 Å². The van der Waals surface area contributed by atoms with Crippen molar-refractivity contribution in [3.05, 3.63) is 35.4 Å². The molecule has 0 spiro atoms. The van der Waals surface area contributed by atoms with E-state index in [9.17, 15) is 9.90 Å². The summed E-state index contributed by atoms with van der Waals surface area (Å²) in [5.74, 6) is -1.61. The quantitative estimate of drug-likeness (QED) is 0.690. The Hall–Kier alpha value is -1.39. The molecule has 0 amide bonds. The summed E-state index contributed by atoms with van der Waals surface area (Å²) < 4.78 is 0. The van der Waals surface area contributed by atoms with E-state index in [-0.39, 0.29) is 6.42 Å². The number of carbonyl (C=O) groups is 1. The van der Waals surface area contributed by atoms with Gasteiger partial charge in [-0.05, 0) is 25.3 Å². The lowest BCUT2D eigenvalue weighted by atomic mass is 9.93. The van der Waals surface area contributed by atoms with Crippen molar-refractivity contribution >= 4 is 5.97 Å². The van der Waals surface area contributed by atoms with Gasteiger partial charge >= 0.3 is 5.97 Å². The molecule has 4 heteroatoms. The Labute approximate surface area is 101 Å². The fraction of sp³-hybridized carbons (Fsp3) is 0.462. The van der Waals surface area contributed by atoms with Crippen molar-refractivity contribution in [1.29, 1.82) is 0 Å². The molecule has 0 aromatic heterocycles. The van der Waals surface area contributed by atoms with Gasteiger partial charge in [0.1, 0.15) is 0 Å². The largest absolute Gasteiger partial charge is 0.481 e. The molecule has 0 aliphatic rings. The second-order valence-corrected chi connectivity index (χ2v) is 4.30. The molecule has 0 aliphatic heterocycles. The number of aliphatic hydroxyl groups is 2. The molecule has 0 heterocycles. The number of aliphatic carboxylic acids is 1. The summed E-state index contributed by atoms with van der Waals surface area (Å²) >= 11 is 0. The lowest BCUT2D eigenvalue weighted by Gasteiger charge is -2.15. The predicted octanol–water partition coefficient (Wildman–Crippen LogP) is 0.982. The van der Waals surface area contributed by atoms with Gasteiger partial charge in [0.15, 0.2) is 0 Å². The Morgan fingerprint density at radius 1 is 1.41 bits per heavy atom. The van der Waals surface area contributed by atoms with Crippen LogP contribution in [0.25, 0.3) is 0 Å². The van der Waals surface area contributed by atoms with Crippen molar-refractivity contribution in [3.8, 4) is 0 Å². The topological polar surface area (TPSA) is 77.8 Å². The first-order valence-corrected chi connectivity index (χ1v) is 5.60. The van der Waals surface area contributed by atoms with Gasteiger partial charge in [-0.15, -0.1) is 0 Å². The van der Waals surface area contributed by atoms with Crippen LogP contribution in [0.5, 0.6) is 0 Å². The predicted molar refractivity (Wildman–Crippen MR) is 63.7 cm³/mol. The second kappa shape index (κ2) is 6.37. The maximum absolute atomic E-state index is 11.0. The van der Waals surface area contributed by atoms with Gasteiger partial charge in [0.05, 0.1) is 18.6 Å². The Morgan fingerprint density at radius 3 is 2.65 bits per heavy atom. The number of aliphatic hydroxyl groups excluding tert-OH is 2. The van der Waals surface area contributed by atoms with Gasteiger partial charge in [0, 0.05) is 0 Å². The number of hydrogen-bond acceptors (Lipinski definition) is 3. The lowest BCUT2D eigenvalue weighted by Crippen LogP contribution is -2.24. The van der Waals surface area contributed by atoms with Crippen molar-refractivity contribution in [1.82, 2.24) is 0 Å². The maximum atomic E-state index is 11.0. The van der Waals surface area contributed by atoms with E-state index in [4.69, 9.17) is 10.2 Å². The first-order valence-electron chi connectivity index (χ1n) is 5.60. The average Bonchev–Trinajstić information content (AvgIpc) is 2.27. The number of rotatable bonds is 6. The van der Waals surface area contributed by atoms with Gasteiger partial charge < -0.3 is 15.3 Å². The highest BCUT2D eigenvalue weighted by atomic mass is 16.4. The van der Waals surface area contributed by atoms with E-state index >= 15 is 0 Å². The SMILES string of the molecule is Cc1cccc(CC(CC(O)CO)C(=O)O)c1. The van der Waals surface area contributed by atoms with Crippen LogP contribution in [0.2, 0.25) is 0 Å². The molecule has 0 aliphatic carbocycles. The van der Waals surface area contributed by atoms with Crippen molar-refractivity contribution in [2.24, 2.45) is 5.92 Å². The van der Waals surface area contributed by atoms with Gasteiger partial charge in [0.2, 0.25) is 0 Å². The molecule has 4 nitrogen and oxygen atoms in total. The third-order valence-corrected chi connectivity index (χ3v) is 2.68. The highest BCUT2D eigenvalue weighted by molar-refractivity contribution is 5.70. The molecule has 2 atom stereocenters. The Bertz CT molecular complexity index is 375. The monoisotopic (exact) mass is 238 g/mol. The van der Waals surface area contributed by atoms with Crippen LogP contribution in [-0.2, 0) is 11.2 Å². The molecule has 1 aromatic rings. The van der Waals surface area contributed by atoms with Gasteiger partial charge in [0.25, 0.3) is 0 Å². The summed E-state index contributed by atoms with van der Waals surface area (Å²) in [6, 6.07) is 7.63. The smallest absolute Gasteiger partial charge is 0.306 e. The van der Waals surface area contributed by atoms with Crippen LogP contribution in [0.1, 0.15) is 17.5 Å². The summed E-state index contributed by atoms with van der Waals surface area (Å²) in [7, 11) is 0. The fourth-order valence-electron chi connectivity index (χ4n) is 1.80. The van der Waals surface area contributed by atoms with Crippen LogP contribution in [0.4, 0.5) is 0 Å². The van der Waals surface area contributed by atoms with Crippen molar-refractivity contribution in [2.45, 2.75) is 25.9 Å². The van der Waals surface area contributed by atoms with E-state index < -0.39 is 24.6 Å². The van der Waals surface area contributed by atoms with Crippen LogP contribution in [0, 0.1) is 12.8 Å². The number of carboxylic acid groups (broad SMARTS) is 1. The minimum Gasteiger partial charge on any atom is -0.481 e. The second-order valence-electron chi connectivity index (χ2n) is 4.30. The highest BCUT2D eigenvalue weighted by Crippen LogP contribution is 2.16. The lowest BCUT2D eigenvalue weighted by molar-refractivity contribution is -0.143. The van der Waals surface area contributed by atoms with E-state index in [2.05, 4.69) is 0 Å². The molecule has 0 saturated heterocycles. The summed E-state index contributed by atoms with van der Waals surface area (Å²) in [5.41, 5.74) is 2.01. The molecule has 0 saturated carbocycles. The van der Waals surface area contributed by atoms with Crippen molar-refractivity contribution in [3.63, 3.8) is 0 Å². The average molecular weight is 238 g/mol. The van der Waals surface area contributed by atoms with Gasteiger partial charge in [-0.1, -0.05) is 29.8 Å². The minimum absolute atomic E-state index is 0.0692. The number of aryl methyl sites for hydroxylation is 1. The molecule has 1 rings (SSSR count). The number of hydrogen-bond donors (Lipinski definition) is 3. The molecule has 94 valence electrons. The molecular formula is C13H18O4. The molecule has 0 radical (unpaired) electrons. The summed E-state index contributed by atoms with van der Waals surface area (Å²) in [5, 5.41) is 27.1. The summed E-state index contributed by atoms with van der Waals surface area (Å²) in [6.07, 6.45) is -0.533. The first-order chi connectivity index (χ1) is 8.02. The molecule has 1 aromatic carbocycles. The highest BCUT2D eigenvalue weighted by Gasteiger charge is 2.21. The number of carboxylic acids is 1. The van der Waals surface area contributed by atoms with E-state index in [0.29, 0.717) is 6.42 Å². The standard InChI is InChI=1S/C13H18O4/c1-9-3-2-4-10(5-9)6-11(13(16)17)7-12(15)8-14/h2-5,11-12,14-15H,6-8H2,1H3,(H,16,17). The normalized spacial score (nSPS) is 14.3. The van der Waals surface area contributed by atoms with Crippen LogP contribution < -0.4 is 0 Å². The number of benzene rings is 1. The Morgan fingerprint density at radius 2 is 2.12 bits per heavy atom. The zero-order valence-corrected chi connectivity index (χ0v) is 9.84. The zero-order chi connectivity index (χ0) is 12.8. The Kier molecular flexibility index (Phi) is 5.12. The minimum atomic E-state index is -0.971. The molecule has 17 heavy (non-hydrogen) atoms. The molecule has 3 N–H and O–H groups in total. The van der Waals surface area contributed by atoms with Gasteiger partial charge in [-0.3, -0.25) is 4.79 Å². The molecule has 2 unspecified atom stereocenters. The van der Waals surface area contributed by atoms with Gasteiger partial charge in [-0.25, -0.2) is 0 Å². The third-order valence-electron chi connectivity index (χ3n) is 2.68. The van der Waals surface area contributed by atoms with E-state index in [1.54, 1.807) is 0 Å². The Balaban J connectivity index is 2.70. The summed E-state index contributed by atoms with van der Waals surface area (Å²) in [4.78, 5) is 11.0. The molecule has 0 fully saturated rings. The third kappa shape index (κ3) is 4.54. The summed E-state index contributed by atoms with van der Waals surface area (Å²) in [6.45, 7) is 1.54. The first kappa shape index (κ1) is 13.7. The van der Waals surface area contributed by atoms with Crippen LogP contribution in [0.15, 0.2) is 24.3 Å². The van der Waals surface area contributed by atoms with Crippen LogP contribution in [-0.4, -0.2) is 34.0 Å². The van der Waals surface area contributed by atoms with Gasteiger partial charge in [-0.2, -0.15) is 0 Å².